The summed E-state index contributed by atoms with van der Waals surface area (Å²) in [4.78, 5) is 37.4. The number of methoxy groups -OCH3 is 1. The molecule has 1 saturated heterocycles. The highest BCUT2D eigenvalue weighted by Crippen LogP contribution is 2.29. The van der Waals surface area contributed by atoms with Crippen molar-refractivity contribution in [1.82, 2.24) is 9.47 Å². The Balaban J connectivity index is 2.23. The van der Waals surface area contributed by atoms with Gasteiger partial charge < -0.3 is 24.0 Å². The zero-order chi connectivity index (χ0) is 15.3. The third-order valence-corrected chi connectivity index (χ3v) is 3.78. The van der Waals surface area contributed by atoms with Crippen molar-refractivity contribution in [2.24, 2.45) is 0 Å². The minimum absolute atomic E-state index is 0.0705. The second kappa shape index (κ2) is 4.59. The van der Waals surface area contributed by atoms with E-state index in [1.807, 2.05) is 6.92 Å². The number of hydrogen-bond acceptors (Lipinski definition) is 5. The topological polar surface area (TPSA) is 98.1 Å². The number of rotatable bonds is 2. The molecule has 0 aliphatic carbocycles. The van der Waals surface area contributed by atoms with E-state index < -0.39 is 23.2 Å². The predicted molar refractivity (Wildman–Crippen MR) is 69.6 cm³/mol. The maximum absolute atomic E-state index is 12.6. The molecule has 8 heteroatoms. The van der Waals surface area contributed by atoms with Crippen LogP contribution in [0.4, 0.5) is 0 Å². The predicted octanol–water partition coefficient (Wildman–Crippen LogP) is -0.244. The fraction of sp³-hybridized carbons (Fsp3) is 0.462. The molecule has 1 amide bonds. The Labute approximate surface area is 119 Å². The fourth-order valence-corrected chi connectivity index (χ4v) is 2.80. The van der Waals surface area contributed by atoms with Gasteiger partial charge in [0, 0.05) is 6.20 Å². The first-order chi connectivity index (χ1) is 9.95. The van der Waals surface area contributed by atoms with E-state index in [9.17, 15) is 14.4 Å². The van der Waals surface area contributed by atoms with E-state index in [2.05, 4.69) is 0 Å². The van der Waals surface area contributed by atoms with Crippen molar-refractivity contribution >= 4 is 11.9 Å². The van der Waals surface area contributed by atoms with Crippen LogP contribution in [-0.2, 0) is 11.3 Å². The molecule has 2 aliphatic heterocycles. The van der Waals surface area contributed by atoms with Gasteiger partial charge in [-0.2, -0.15) is 0 Å². The van der Waals surface area contributed by atoms with Gasteiger partial charge in [-0.25, -0.2) is 4.79 Å². The molecule has 2 atom stereocenters. The van der Waals surface area contributed by atoms with Gasteiger partial charge >= 0.3 is 5.97 Å². The first kappa shape index (κ1) is 13.6. The number of aromatic carboxylic acids is 1. The minimum Gasteiger partial charge on any atom is -0.491 e. The normalized spacial score (nSPS) is 23.7. The summed E-state index contributed by atoms with van der Waals surface area (Å²) in [6.07, 6.45) is 0.721. The molecule has 2 aliphatic rings. The van der Waals surface area contributed by atoms with Crippen molar-refractivity contribution in [3.05, 3.63) is 27.7 Å². The number of carboxylic acid groups (broad SMARTS) is 1. The van der Waals surface area contributed by atoms with E-state index in [0.29, 0.717) is 6.61 Å². The number of carbonyl (C=O) groups excluding carboxylic acids is 1. The van der Waals surface area contributed by atoms with E-state index in [1.165, 1.54) is 17.9 Å². The number of ether oxygens (including phenoxy) is 2. The lowest BCUT2D eigenvalue weighted by molar-refractivity contribution is 0.00613. The quantitative estimate of drug-likeness (QED) is 0.808. The average molecular weight is 294 g/mol. The molecular formula is C13H14N2O6. The third kappa shape index (κ3) is 1.83. The number of aromatic nitrogens is 1. The maximum Gasteiger partial charge on any atom is 0.341 e. The summed E-state index contributed by atoms with van der Waals surface area (Å²) in [6, 6.07) is -0.102. The summed E-state index contributed by atoms with van der Waals surface area (Å²) in [5, 5.41) is 9.09. The Bertz CT molecular complexity index is 695. The van der Waals surface area contributed by atoms with Crippen LogP contribution in [-0.4, -0.2) is 52.4 Å². The molecule has 0 unspecified atom stereocenters. The number of nitrogens with zero attached hydrogens (tertiary/aromatic N) is 2. The smallest absolute Gasteiger partial charge is 0.341 e. The Kier molecular flexibility index (Phi) is 2.98. The van der Waals surface area contributed by atoms with Crippen LogP contribution in [0.3, 0.4) is 0 Å². The number of carbonyl (C=O) groups is 2. The molecule has 8 nitrogen and oxygen atoms in total. The highest BCUT2D eigenvalue weighted by Gasteiger charge is 2.43. The molecule has 1 fully saturated rings. The van der Waals surface area contributed by atoms with Crippen LogP contribution >= 0.6 is 0 Å². The minimum atomic E-state index is -1.36. The van der Waals surface area contributed by atoms with Crippen LogP contribution in [0.2, 0.25) is 0 Å². The van der Waals surface area contributed by atoms with E-state index in [1.54, 1.807) is 4.90 Å². The summed E-state index contributed by atoms with van der Waals surface area (Å²) < 4.78 is 11.9. The molecule has 0 radical (unpaired) electrons. The summed E-state index contributed by atoms with van der Waals surface area (Å²) in [6.45, 7) is 2.52. The van der Waals surface area contributed by atoms with Gasteiger partial charge in [-0.05, 0) is 6.92 Å². The Hall–Kier alpha value is -2.35. The Morgan fingerprint density at radius 1 is 1.48 bits per heavy atom. The SMILES string of the molecule is COc1c2n(cc(C(=O)O)c1=O)C[C@H]1OC[C@H](C)N1C2=O. The average Bonchev–Trinajstić information content (AvgIpc) is 2.80. The van der Waals surface area contributed by atoms with Crippen LogP contribution in [0.15, 0.2) is 11.0 Å². The summed E-state index contributed by atoms with van der Waals surface area (Å²) in [7, 11) is 1.24. The lowest BCUT2D eigenvalue weighted by Crippen LogP contribution is -2.49. The number of hydrogen-bond donors (Lipinski definition) is 1. The number of fused-ring (bicyclic) bond motifs is 2. The molecule has 3 rings (SSSR count). The van der Waals surface area contributed by atoms with Crippen LogP contribution in [0, 0.1) is 0 Å². The van der Waals surface area contributed by atoms with Crippen LogP contribution in [0.1, 0.15) is 27.8 Å². The lowest BCUT2D eigenvalue weighted by Gasteiger charge is -2.34. The standard InChI is InChI=1S/C13H14N2O6/c1-6-5-21-8-4-14-3-7(13(18)19)10(16)11(20-2)9(14)12(17)15(6)8/h3,6,8H,4-5H2,1-2H3,(H,18,19)/t6-,8+/m0/s1. The molecule has 1 aromatic heterocycles. The lowest BCUT2D eigenvalue weighted by atomic mass is 10.1. The first-order valence-corrected chi connectivity index (χ1v) is 6.44. The van der Waals surface area contributed by atoms with Crippen LogP contribution in [0.5, 0.6) is 5.75 Å². The molecule has 1 aromatic rings. The number of amides is 1. The van der Waals surface area contributed by atoms with Gasteiger partial charge in [-0.15, -0.1) is 0 Å². The van der Waals surface area contributed by atoms with Crippen molar-refractivity contribution in [3.63, 3.8) is 0 Å². The van der Waals surface area contributed by atoms with Crippen LogP contribution < -0.4 is 10.2 Å². The monoisotopic (exact) mass is 294 g/mol. The first-order valence-electron chi connectivity index (χ1n) is 6.44. The molecule has 1 N–H and O–H groups in total. The molecule has 0 bridgehead atoms. The molecule has 0 saturated carbocycles. The molecule has 21 heavy (non-hydrogen) atoms. The molecule has 0 aromatic carbocycles. The van der Waals surface area contributed by atoms with Gasteiger partial charge in [0.15, 0.2) is 17.7 Å². The van der Waals surface area contributed by atoms with Crippen molar-refractivity contribution in [1.29, 1.82) is 0 Å². The Morgan fingerprint density at radius 2 is 2.19 bits per heavy atom. The zero-order valence-corrected chi connectivity index (χ0v) is 11.5. The second-order valence-electron chi connectivity index (χ2n) is 5.06. The summed E-state index contributed by atoms with van der Waals surface area (Å²) in [5.41, 5.74) is -1.15. The van der Waals surface area contributed by atoms with Gasteiger partial charge in [-0.3, -0.25) is 9.59 Å². The van der Waals surface area contributed by atoms with E-state index in [0.717, 1.165) is 0 Å². The highest BCUT2D eigenvalue weighted by atomic mass is 16.5. The van der Waals surface area contributed by atoms with Crippen molar-refractivity contribution in [2.75, 3.05) is 13.7 Å². The Morgan fingerprint density at radius 3 is 2.81 bits per heavy atom. The maximum atomic E-state index is 12.6. The van der Waals surface area contributed by atoms with Gasteiger partial charge in [-0.1, -0.05) is 0 Å². The number of pyridine rings is 1. The summed E-state index contributed by atoms with van der Waals surface area (Å²) >= 11 is 0. The van der Waals surface area contributed by atoms with Crippen molar-refractivity contribution in [3.8, 4) is 5.75 Å². The third-order valence-electron chi connectivity index (χ3n) is 3.78. The molecule has 112 valence electrons. The van der Waals surface area contributed by atoms with Gasteiger partial charge in [0.25, 0.3) is 5.91 Å². The highest BCUT2D eigenvalue weighted by molar-refractivity contribution is 5.98. The molecule has 0 spiro atoms. The van der Waals surface area contributed by atoms with Gasteiger partial charge in [0.2, 0.25) is 5.43 Å². The van der Waals surface area contributed by atoms with Crippen molar-refractivity contribution in [2.45, 2.75) is 25.7 Å². The summed E-state index contributed by atoms with van der Waals surface area (Å²) in [5.74, 6) is -1.98. The van der Waals surface area contributed by atoms with Gasteiger partial charge in [0.1, 0.15) is 5.56 Å². The molecular weight excluding hydrogens is 280 g/mol. The van der Waals surface area contributed by atoms with E-state index >= 15 is 0 Å². The van der Waals surface area contributed by atoms with E-state index in [-0.39, 0.29) is 29.9 Å². The van der Waals surface area contributed by atoms with Crippen molar-refractivity contribution < 1.29 is 24.2 Å². The number of carboxylic acids is 1. The molecule has 3 heterocycles. The second-order valence-corrected chi connectivity index (χ2v) is 5.06. The van der Waals surface area contributed by atoms with E-state index in [4.69, 9.17) is 14.6 Å². The van der Waals surface area contributed by atoms with Gasteiger partial charge in [0.05, 0.1) is 26.3 Å². The van der Waals surface area contributed by atoms with Crippen LogP contribution in [0.25, 0.3) is 0 Å². The largest absolute Gasteiger partial charge is 0.491 e. The zero-order valence-electron chi connectivity index (χ0n) is 11.5. The fourth-order valence-electron chi connectivity index (χ4n) is 2.80.